The van der Waals surface area contributed by atoms with Crippen molar-refractivity contribution in [3.8, 4) is 51.8 Å². The molecule has 0 aliphatic rings. The van der Waals surface area contributed by atoms with Gasteiger partial charge in [-0.25, -0.2) is 0 Å². The van der Waals surface area contributed by atoms with Crippen LogP contribution in [0.5, 0.6) is 0 Å². The van der Waals surface area contributed by atoms with Crippen molar-refractivity contribution in [3.63, 3.8) is 0 Å². The van der Waals surface area contributed by atoms with Gasteiger partial charge in [0.05, 0.1) is 56.2 Å². The molecule has 2 heterocycles. The van der Waals surface area contributed by atoms with Crippen LogP contribution in [0.3, 0.4) is 0 Å². The van der Waals surface area contributed by atoms with Gasteiger partial charge in [-0.15, -0.1) is 0 Å². The first-order valence-electron chi connectivity index (χ1n) is 16.3. The van der Waals surface area contributed by atoms with E-state index in [-0.39, 0.29) is 0 Å². The van der Waals surface area contributed by atoms with Crippen LogP contribution in [0.4, 0.5) is 0 Å². The molecule has 0 bridgehead atoms. The standard InChI is InChI=1S/C45H25N5/c46-26-29-16-22-44-39(24-29)37-11-3-5-14-42(37)49(44)41-13-4-1-9-35(41)31-19-17-30(18-20-31)32-21-23-40(34(25-32)28-48)50-43-15-6-2-10-36(43)38-12-7-8-33(27-47)45(38)50/h1-25H. The van der Waals surface area contributed by atoms with E-state index >= 15 is 0 Å². The Labute approximate surface area is 287 Å². The zero-order chi connectivity index (χ0) is 33.8. The fourth-order valence-electron chi connectivity index (χ4n) is 7.42. The fourth-order valence-corrected chi connectivity index (χ4v) is 7.42. The summed E-state index contributed by atoms with van der Waals surface area (Å²) in [6.07, 6.45) is 0. The molecule has 9 aromatic rings. The van der Waals surface area contributed by atoms with E-state index in [1.165, 1.54) is 0 Å². The normalized spacial score (nSPS) is 11.1. The van der Waals surface area contributed by atoms with Crippen molar-refractivity contribution in [2.24, 2.45) is 0 Å². The van der Waals surface area contributed by atoms with Crippen LogP contribution in [0.15, 0.2) is 152 Å². The number of fused-ring (bicyclic) bond motifs is 6. The lowest BCUT2D eigenvalue weighted by Gasteiger charge is -2.15. The van der Waals surface area contributed by atoms with E-state index in [2.05, 4.69) is 89.5 Å². The number of hydrogen-bond donors (Lipinski definition) is 0. The van der Waals surface area contributed by atoms with Crippen LogP contribution in [0, 0.1) is 34.0 Å². The summed E-state index contributed by atoms with van der Waals surface area (Å²) >= 11 is 0. The van der Waals surface area contributed by atoms with E-state index in [0.29, 0.717) is 16.7 Å². The first-order valence-corrected chi connectivity index (χ1v) is 16.3. The van der Waals surface area contributed by atoms with Gasteiger partial charge in [-0.1, -0.05) is 97.1 Å². The summed E-state index contributed by atoms with van der Waals surface area (Å²) in [7, 11) is 0. The number of aromatic nitrogens is 2. The minimum atomic E-state index is 0.526. The average Bonchev–Trinajstić information content (AvgIpc) is 3.70. The van der Waals surface area contributed by atoms with Crippen molar-refractivity contribution in [3.05, 3.63) is 168 Å². The monoisotopic (exact) mass is 635 g/mol. The topological polar surface area (TPSA) is 81.2 Å². The number of rotatable bonds is 4. The second-order valence-corrected chi connectivity index (χ2v) is 12.3. The smallest absolute Gasteiger partial charge is 0.101 e. The second kappa shape index (κ2) is 11.4. The highest BCUT2D eigenvalue weighted by Crippen LogP contribution is 2.38. The third-order valence-corrected chi connectivity index (χ3v) is 9.65. The van der Waals surface area contributed by atoms with E-state index < -0.39 is 0 Å². The van der Waals surface area contributed by atoms with Crippen LogP contribution in [0.1, 0.15) is 16.7 Å². The Morgan fingerprint density at radius 2 is 1.00 bits per heavy atom. The van der Waals surface area contributed by atoms with Crippen LogP contribution in [0.2, 0.25) is 0 Å². The van der Waals surface area contributed by atoms with Gasteiger partial charge in [0.15, 0.2) is 0 Å². The summed E-state index contributed by atoms with van der Waals surface area (Å²) in [5.41, 5.74) is 11.5. The Balaban J connectivity index is 1.14. The number of para-hydroxylation sites is 4. The zero-order valence-electron chi connectivity index (χ0n) is 26.7. The van der Waals surface area contributed by atoms with E-state index in [4.69, 9.17) is 0 Å². The second-order valence-electron chi connectivity index (χ2n) is 12.3. The first-order chi connectivity index (χ1) is 24.7. The molecule has 50 heavy (non-hydrogen) atoms. The van der Waals surface area contributed by atoms with E-state index in [0.717, 1.165) is 77.2 Å². The minimum absolute atomic E-state index is 0.526. The first kappa shape index (κ1) is 28.8. The Bertz CT molecular complexity index is 2960. The molecular weight excluding hydrogens is 611 g/mol. The van der Waals surface area contributed by atoms with Gasteiger partial charge in [0, 0.05) is 27.1 Å². The van der Waals surface area contributed by atoms with Crippen molar-refractivity contribution in [1.82, 2.24) is 9.13 Å². The van der Waals surface area contributed by atoms with Crippen molar-refractivity contribution >= 4 is 43.6 Å². The maximum atomic E-state index is 10.4. The predicted molar refractivity (Wildman–Crippen MR) is 200 cm³/mol. The van der Waals surface area contributed by atoms with Crippen molar-refractivity contribution in [1.29, 1.82) is 15.8 Å². The van der Waals surface area contributed by atoms with E-state index in [9.17, 15) is 15.8 Å². The lowest BCUT2D eigenvalue weighted by Crippen LogP contribution is -1.99. The summed E-state index contributed by atoms with van der Waals surface area (Å²) in [6.45, 7) is 0. The highest BCUT2D eigenvalue weighted by atomic mass is 15.0. The van der Waals surface area contributed by atoms with Gasteiger partial charge in [0.1, 0.15) is 12.1 Å². The maximum Gasteiger partial charge on any atom is 0.101 e. The minimum Gasteiger partial charge on any atom is -0.309 e. The molecule has 5 nitrogen and oxygen atoms in total. The van der Waals surface area contributed by atoms with Crippen LogP contribution in [-0.4, -0.2) is 9.13 Å². The van der Waals surface area contributed by atoms with Gasteiger partial charge in [-0.05, 0) is 71.3 Å². The molecule has 2 aromatic heterocycles. The zero-order valence-corrected chi connectivity index (χ0v) is 26.7. The Hall–Kier alpha value is -7.39. The molecule has 0 aliphatic carbocycles. The predicted octanol–water partition coefficient (Wildman–Crippen LogP) is 10.8. The molecule has 0 spiro atoms. The molecule has 0 N–H and O–H groups in total. The molecular formula is C45H25N5. The molecule has 9 rings (SSSR count). The van der Waals surface area contributed by atoms with Crippen LogP contribution < -0.4 is 0 Å². The van der Waals surface area contributed by atoms with Gasteiger partial charge in [-0.2, -0.15) is 15.8 Å². The highest BCUT2D eigenvalue weighted by Gasteiger charge is 2.19. The fraction of sp³-hybridized carbons (Fsp3) is 0. The van der Waals surface area contributed by atoms with Gasteiger partial charge in [0.25, 0.3) is 0 Å². The van der Waals surface area contributed by atoms with Crippen LogP contribution in [0.25, 0.3) is 77.2 Å². The quantitative estimate of drug-likeness (QED) is 0.193. The SMILES string of the molecule is N#Cc1ccc2c(c1)c1ccccc1n2-c1ccccc1-c1ccc(-c2ccc(-n3c4ccccc4c4cccc(C#N)c43)c(C#N)c2)cc1. The lowest BCUT2D eigenvalue weighted by atomic mass is 9.97. The summed E-state index contributed by atoms with van der Waals surface area (Å²) in [6, 6.07) is 57.9. The molecule has 5 heteroatoms. The lowest BCUT2D eigenvalue weighted by molar-refractivity contribution is 1.16. The molecule has 7 aromatic carbocycles. The largest absolute Gasteiger partial charge is 0.309 e. The number of nitrogens with zero attached hydrogens (tertiary/aromatic N) is 5. The van der Waals surface area contributed by atoms with Crippen molar-refractivity contribution in [2.75, 3.05) is 0 Å². The summed E-state index contributed by atoms with van der Waals surface area (Å²) < 4.78 is 4.32. The Kier molecular flexibility index (Phi) is 6.56. The van der Waals surface area contributed by atoms with Gasteiger partial charge in [-0.3, -0.25) is 0 Å². The van der Waals surface area contributed by atoms with Crippen LogP contribution >= 0.6 is 0 Å². The average molecular weight is 636 g/mol. The molecule has 0 amide bonds. The Morgan fingerprint density at radius 1 is 0.380 bits per heavy atom. The molecule has 0 fully saturated rings. The van der Waals surface area contributed by atoms with Crippen molar-refractivity contribution < 1.29 is 0 Å². The molecule has 230 valence electrons. The van der Waals surface area contributed by atoms with Gasteiger partial charge >= 0.3 is 0 Å². The molecule has 0 saturated heterocycles. The number of nitriles is 3. The summed E-state index contributed by atoms with van der Waals surface area (Å²) in [5, 5.41) is 34.2. The van der Waals surface area contributed by atoms with E-state index in [1.54, 1.807) is 0 Å². The molecule has 0 atom stereocenters. The third kappa shape index (κ3) is 4.31. The van der Waals surface area contributed by atoms with Crippen molar-refractivity contribution in [2.45, 2.75) is 0 Å². The van der Waals surface area contributed by atoms with Crippen LogP contribution in [-0.2, 0) is 0 Å². The highest BCUT2D eigenvalue weighted by molar-refractivity contribution is 6.11. The van der Waals surface area contributed by atoms with Gasteiger partial charge in [0.2, 0.25) is 0 Å². The molecule has 0 radical (unpaired) electrons. The molecule has 0 aliphatic heterocycles. The number of hydrogen-bond acceptors (Lipinski definition) is 3. The summed E-state index contributed by atoms with van der Waals surface area (Å²) in [5.74, 6) is 0. The summed E-state index contributed by atoms with van der Waals surface area (Å²) in [4.78, 5) is 0. The Morgan fingerprint density at radius 3 is 1.76 bits per heavy atom. The van der Waals surface area contributed by atoms with Gasteiger partial charge < -0.3 is 9.13 Å². The third-order valence-electron chi connectivity index (χ3n) is 9.65. The van der Waals surface area contributed by atoms with E-state index in [1.807, 2.05) is 89.5 Å². The molecule has 0 unspecified atom stereocenters. The maximum absolute atomic E-state index is 10.4. The number of benzene rings is 7. The molecule has 0 saturated carbocycles.